The van der Waals surface area contributed by atoms with Crippen LogP contribution in [0.2, 0.25) is 0 Å². The zero-order valence-electron chi connectivity index (χ0n) is 11.2. The van der Waals surface area contributed by atoms with E-state index in [0.717, 1.165) is 29.6 Å². The van der Waals surface area contributed by atoms with Crippen LogP contribution in [0.5, 0.6) is 0 Å². The number of benzene rings is 1. The Hall–Kier alpha value is -2.44. The van der Waals surface area contributed by atoms with Gasteiger partial charge in [0.15, 0.2) is 5.82 Å². The zero-order chi connectivity index (χ0) is 14.3. The monoisotopic (exact) mass is 275 g/mol. The van der Waals surface area contributed by atoms with Crippen LogP contribution in [-0.4, -0.2) is 40.1 Å². The van der Waals surface area contributed by atoms with Gasteiger partial charge in [-0.3, -0.25) is 4.68 Å². The van der Waals surface area contributed by atoms with Gasteiger partial charge in [-0.05, 0) is 24.6 Å². The fourth-order valence-corrected chi connectivity index (χ4v) is 2.76. The summed E-state index contributed by atoms with van der Waals surface area (Å²) in [5.74, 6) is 0.529. The van der Waals surface area contributed by atoms with Crippen LogP contribution in [0.3, 0.4) is 0 Å². The lowest BCUT2D eigenvalue weighted by Gasteiger charge is -2.18. The molecule has 106 valence electrons. The molecule has 20 heavy (non-hydrogen) atoms. The Bertz CT molecular complexity index is 666. The van der Waals surface area contributed by atoms with Crippen LogP contribution in [0.25, 0.3) is 10.9 Å². The second kappa shape index (κ2) is 4.59. The minimum absolute atomic E-state index is 0.0141. The number of carbonyl (C=O) groups is 1. The Kier molecular flexibility index (Phi) is 2.89. The van der Waals surface area contributed by atoms with Gasteiger partial charge in [0, 0.05) is 31.2 Å². The molecule has 1 saturated heterocycles. The van der Waals surface area contributed by atoms with Gasteiger partial charge in [-0.1, -0.05) is 0 Å². The zero-order valence-corrected chi connectivity index (χ0v) is 11.2. The highest BCUT2D eigenvalue weighted by Crippen LogP contribution is 2.27. The number of hydrogen-bond acceptors (Lipinski definition) is 4. The molecule has 7 nitrogen and oxygen atoms in total. The second-order valence-corrected chi connectivity index (χ2v) is 5.09. The van der Waals surface area contributed by atoms with E-state index in [9.17, 15) is 4.79 Å². The Morgan fingerprint density at radius 3 is 3.10 bits per heavy atom. The van der Waals surface area contributed by atoms with Crippen molar-refractivity contribution in [2.45, 2.75) is 12.5 Å². The number of anilines is 2. The van der Waals surface area contributed by atoms with Crippen molar-refractivity contribution in [1.82, 2.24) is 15.1 Å². The topological polar surface area (TPSA) is 96.4 Å². The normalized spacial score (nSPS) is 18.6. The highest BCUT2D eigenvalue weighted by atomic mass is 16.4. The van der Waals surface area contributed by atoms with Crippen LogP contribution in [0.1, 0.15) is 6.42 Å². The standard InChI is InChI=1S/C13H17N5O2/c1-17-11-6-9(2-3-10(11)12(14)16-17)18-5-4-8(7-18)15-13(19)20/h2-3,6,8,15H,4-5,7H2,1H3,(H2,14,16)(H,19,20)/t8-/m1/s1. The number of nitrogens with two attached hydrogens (primary N) is 1. The maximum absolute atomic E-state index is 10.7. The molecule has 1 aliphatic heterocycles. The van der Waals surface area contributed by atoms with Gasteiger partial charge in [0.05, 0.1) is 11.6 Å². The molecule has 1 atom stereocenters. The average Bonchev–Trinajstić information content (AvgIpc) is 2.95. The summed E-state index contributed by atoms with van der Waals surface area (Å²) in [6.07, 6.45) is -0.149. The Labute approximate surface area is 116 Å². The minimum Gasteiger partial charge on any atom is -0.465 e. The third kappa shape index (κ3) is 2.11. The van der Waals surface area contributed by atoms with Crippen molar-refractivity contribution < 1.29 is 9.90 Å². The van der Waals surface area contributed by atoms with E-state index in [2.05, 4.69) is 15.3 Å². The lowest BCUT2D eigenvalue weighted by Crippen LogP contribution is -2.36. The summed E-state index contributed by atoms with van der Waals surface area (Å²) in [5.41, 5.74) is 7.88. The molecule has 1 fully saturated rings. The lowest BCUT2D eigenvalue weighted by atomic mass is 10.2. The number of nitrogen functional groups attached to an aromatic ring is 1. The molecule has 7 heteroatoms. The molecule has 2 heterocycles. The van der Waals surface area contributed by atoms with Crippen molar-refractivity contribution in [3.63, 3.8) is 0 Å². The first-order chi connectivity index (χ1) is 9.54. The maximum atomic E-state index is 10.7. The quantitative estimate of drug-likeness (QED) is 0.760. The van der Waals surface area contributed by atoms with E-state index in [4.69, 9.17) is 10.8 Å². The van der Waals surface area contributed by atoms with E-state index in [1.807, 2.05) is 25.2 Å². The summed E-state index contributed by atoms with van der Waals surface area (Å²) in [5, 5.41) is 16.4. The van der Waals surface area contributed by atoms with Gasteiger partial charge in [0.2, 0.25) is 0 Å². The van der Waals surface area contributed by atoms with E-state index < -0.39 is 6.09 Å². The smallest absolute Gasteiger partial charge is 0.404 e. The molecule has 1 amide bonds. The molecule has 1 aliphatic rings. The van der Waals surface area contributed by atoms with Gasteiger partial charge in [0.25, 0.3) is 0 Å². The molecule has 1 aromatic carbocycles. The second-order valence-electron chi connectivity index (χ2n) is 5.09. The van der Waals surface area contributed by atoms with Crippen molar-refractivity contribution in [1.29, 1.82) is 0 Å². The highest BCUT2D eigenvalue weighted by molar-refractivity contribution is 5.91. The summed E-state index contributed by atoms with van der Waals surface area (Å²) < 4.78 is 1.76. The molecule has 0 bridgehead atoms. The third-order valence-electron chi connectivity index (χ3n) is 3.74. The van der Waals surface area contributed by atoms with E-state index in [0.29, 0.717) is 12.4 Å². The highest BCUT2D eigenvalue weighted by Gasteiger charge is 2.24. The van der Waals surface area contributed by atoms with Crippen LogP contribution in [0.15, 0.2) is 18.2 Å². The Morgan fingerprint density at radius 2 is 2.35 bits per heavy atom. The number of amides is 1. The minimum atomic E-state index is -0.966. The molecule has 0 saturated carbocycles. The van der Waals surface area contributed by atoms with Crippen LogP contribution in [-0.2, 0) is 7.05 Å². The number of aromatic nitrogens is 2. The summed E-state index contributed by atoms with van der Waals surface area (Å²) >= 11 is 0. The van der Waals surface area contributed by atoms with Crippen molar-refractivity contribution in [3.8, 4) is 0 Å². The number of fused-ring (bicyclic) bond motifs is 1. The number of rotatable bonds is 2. The molecule has 0 spiro atoms. The maximum Gasteiger partial charge on any atom is 0.404 e. The van der Waals surface area contributed by atoms with Gasteiger partial charge >= 0.3 is 6.09 Å². The van der Waals surface area contributed by atoms with Gasteiger partial charge in [0.1, 0.15) is 0 Å². The molecule has 3 rings (SSSR count). The molecule has 0 aliphatic carbocycles. The van der Waals surface area contributed by atoms with E-state index in [1.165, 1.54) is 0 Å². The van der Waals surface area contributed by atoms with E-state index in [1.54, 1.807) is 4.68 Å². The fourth-order valence-electron chi connectivity index (χ4n) is 2.76. The van der Waals surface area contributed by atoms with Crippen LogP contribution < -0.4 is 16.0 Å². The van der Waals surface area contributed by atoms with Crippen LogP contribution in [0, 0.1) is 0 Å². The number of aryl methyl sites for hydroxylation is 1. The van der Waals surface area contributed by atoms with Crippen LogP contribution >= 0.6 is 0 Å². The van der Waals surface area contributed by atoms with Crippen molar-refractivity contribution in [2.75, 3.05) is 23.7 Å². The van der Waals surface area contributed by atoms with Crippen LogP contribution in [0.4, 0.5) is 16.3 Å². The molecule has 2 aromatic rings. The number of hydrogen-bond donors (Lipinski definition) is 3. The lowest BCUT2D eigenvalue weighted by molar-refractivity contribution is 0.191. The summed E-state index contributed by atoms with van der Waals surface area (Å²) in [7, 11) is 1.86. The Balaban J connectivity index is 1.84. The van der Waals surface area contributed by atoms with Gasteiger partial charge in [-0.15, -0.1) is 0 Å². The molecule has 4 N–H and O–H groups in total. The largest absolute Gasteiger partial charge is 0.465 e. The first-order valence-corrected chi connectivity index (χ1v) is 6.51. The van der Waals surface area contributed by atoms with Gasteiger partial charge in [-0.25, -0.2) is 4.79 Å². The molecular weight excluding hydrogens is 258 g/mol. The molecule has 1 aromatic heterocycles. The Morgan fingerprint density at radius 1 is 1.55 bits per heavy atom. The predicted molar refractivity (Wildman–Crippen MR) is 76.9 cm³/mol. The first-order valence-electron chi connectivity index (χ1n) is 6.51. The summed E-state index contributed by atoms with van der Waals surface area (Å²) in [6, 6.07) is 6.00. The van der Waals surface area contributed by atoms with Gasteiger partial charge < -0.3 is 21.1 Å². The fraction of sp³-hybridized carbons (Fsp3) is 0.385. The van der Waals surface area contributed by atoms with Gasteiger partial charge in [-0.2, -0.15) is 5.10 Å². The van der Waals surface area contributed by atoms with E-state index >= 15 is 0 Å². The number of nitrogens with zero attached hydrogens (tertiary/aromatic N) is 3. The molecule has 0 unspecified atom stereocenters. The number of carboxylic acid groups (broad SMARTS) is 1. The number of nitrogens with one attached hydrogen (secondary N) is 1. The van der Waals surface area contributed by atoms with Crippen molar-refractivity contribution in [2.24, 2.45) is 7.05 Å². The third-order valence-corrected chi connectivity index (χ3v) is 3.74. The summed E-state index contributed by atoms with van der Waals surface area (Å²) in [4.78, 5) is 12.8. The first kappa shape index (κ1) is 12.6. The average molecular weight is 275 g/mol. The van der Waals surface area contributed by atoms with E-state index in [-0.39, 0.29) is 6.04 Å². The molecule has 0 radical (unpaired) electrons. The SMILES string of the molecule is Cn1nc(N)c2ccc(N3CC[C@@H](NC(=O)O)C3)cc21. The van der Waals surface area contributed by atoms with Crippen molar-refractivity contribution >= 4 is 28.5 Å². The van der Waals surface area contributed by atoms with Crippen molar-refractivity contribution in [3.05, 3.63) is 18.2 Å². The summed E-state index contributed by atoms with van der Waals surface area (Å²) in [6.45, 7) is 1.52. The predicted octanol–water partition coefficient (Wildman–Crippen LogP) is 1.00. The molecular formula is C13H17N5O2.